The molecule has 166 valence electrons. The largest absolute Gasteiger partial charge is 0.207 e. The summed E-state index contributed by atoms with van der Waals surface area (Å²) >= 11 is 0. The van der Waals surface area contributed by atoms with E-state index in [0.29, 0.717) is 5.92 Å². The van der Waals surface area contributed by atoms with Crippen molar-refractivity contribution in [3.05, 3.63) is 107 Å². The van der Waals surface area contributed by atoms with Crippen molar-refractivity contribution in [1.82, 2.24) is 0 Å². The topological polar surface area (TPSA) is 0 Å². The van der Waals surface area contributed by atoms with E-state index in [1.807, 2.05) is 6.08 Å². The van der Waals surface area contributed by atoms with Crippen LogP contribution < -0.4 is 0 Å². The number of rotatable bonds is 8. The normalized spacial score (nSPS) is 19.8. The average Bonchev–Trinajstić information content (AvgIpc) is 2.84. The highest BCUT2D eigenvalue weighted by Crippen LogP contribution is 2.37. The van der Waals surface area contributed by atoms with Gasteiger partial charge >= 0.3 is 0 Å². The fourth-order valence-electron chi connectivity index (χ4n) is 5.11. The molecule has 0 aliphatic heterocycles. The van der Waals surface area contributed by atoms with Crippen LogP contribution in [0.2, 0.25) is 0 Å². The highest BCUT2D eigenvalue weighted by atomic mass is 19.1. The number of halogens is 1. The zero-order valence-corrected chi connectivity index (χ0v) is 19.2. The van der Waals surface area contributed by atoms with E-state index in [4.69, 9.17) is 0 Å². The fourth-order valence-corrected chi connectivity index (χ4v) is 5.11. The van der Waals surface area contributed by atoms with Gasteiger partial charge in [-0.1, -0.05) is 111 Å². The van der Waals surface area contributed by atoms with Gasteiger partial charge in [0.15, 0.2) is 0 Å². The molecule has 0 unspecified atom stereocenters. The van der Waals surface area contributed by atoms with Crippen LogP contribution in [0.15, 0.2) is 78.9 Å². The third-order valence-corrected chi connectivity index (χ3v) is 7.18. The summed E-state index contributed by atoms with van der Waals surface area (Å²) < 4.78 is 13.0. The maximum atomic E-state index is 13.0. The van der Waals surface area contributed by atoms with E-state index in [0.717, 1.165) is 17.4 Å². The summed E-state index contributed by atoms with van der Waals surface area (Å²) in [7, 11) is 0. The molecule has 0 heterocycles. The van der Waals surface area contributed by atoms with Crippen molar-refractivity contribution >= 4 is 12.2 Å². The second-order valence-corrected chi connectivity index (χ2v) is 9.60. The van der Waals surface area contributed by atoms with Crippen molar-refractivity contribution < 1.29 is 4.39 Å². The van der Waals surface area contributed by atoms with Gasteiger partial charge < -0.3 is 0 Å². The fraction of sp³-hybridized carbons (Fsp3) is 0.355. The molecule has 1 aliphatic rings. The lowest BCUT2D eigenvalue weighted by Gasteiger charge is -2.30. The number of aryl methyl sites for hydroxylation is 1. The van der Waals surface area contributed by atoms with Crippen LogP contribution in [0.4, 0.5) is 4.39 Å². The van der Waals surface area contributed by atoms with Crippen LogP contribution in [0.5, 0.6) is 0 Å². The molecule has 4 rings (SSSR count). The molecule has 0 bridgehead atoms. The summed E-state index contributed by atoms with van der Waals surface area (Å²) in [6, 6.07) is 26.5. The van der Waals surface area contributed by atoms with Crippen molar-refractivity contribution in [3.63, 3.8) is 0 Å². The first-order valence-electron chi connectivity index (χ1n) is 12.2. The Labute approximate surface area is 193 Å². The summed E-state index contributed by atoms with van der Waals surface area (Å²) in [5.41, 5.74) is 5.13. The molecule has 1 saturated carbocycles. The van der Waals surface area contributed by atoms with Gasteiger partial charge in [-0.2, -0.15) is 0 Å². The van der Waals surface area contributed by atoms with E-state index >= 15 is 0 Å². The zero-order valence-electron chi connectivity index (χ0n) is 19.2. The van der Waals surface area contributed by atoms with E-state index in [2.05, 4.69) is 67.6 Å². The molecular formula is C31H35F. The minimum Gasteiger partial charge on any atom is -0.207 e. The molecule has 0 amide bonds. The highest BCUT2D eigenvalue weighted by Gasteiger charge is 2.22. The highest BCUT2D eigenvalue weighted by molar-refractivity contribution is 5.69. The molecule has 3 aromatic carbocycles. The van der Waals surface area contributed by atoms with Crippen molar-refractivity contribution in [2.75, 3.05) is 0 Å². The molecule has 0 nitrogen and oxygen atoms in total. The van der Waals surface area contributed by atoms with Crippen LogP contribution >= 0.6 is 0 Å². The summed E-state index contributed by atoms with van der Waals surface area (Å²) in [6.07, 6.45) is 13.5. The van der Waals surface area contributed by atoms with Crippen LogP contribution in [0, 0.1) is 17.7 Å². The smallest absolute Gasteiger partial charge is 0.123 e. The van der Waals surface area contributed by atoms with Gasteiger partial charge in [-0.25, -0.2) is 4.39 Å². The lowest BCUT2D eigenvalue weighted by atomic mass is 9.76. The van der Waals surface area contributed by atoms with Crippen molar-refractivity contribution in [3.8, 4) is 0 Å². The van der Waals surface area contributed by atoms with Gasteiger partial charge in [0.25, 0.3) is 0 Å². The Kier molecular flexibility index (Phi) is 7.93. The first-order chi connectivity index (χ1) is 15.7. The van der Waals surface area contributed by atoms with Crippen LogP contribution in [0.3, 0.4) is 0 Å². The van der Waals surface area contributed by atoms with Crippen LogP contribution in [-0.2, 0) is 6.42 Å². The van der Waals surface area contributed by atoms with Gasteiger partial charge in [-0.15, -0.1) is 0 Å². The molecular weight excluding hydrogens is 391 g/mol. The lowest BCUT2D eigenvalue weighted by Crippen LogP contribution is -2.16. The van der Waals surface area contributed by atoms with E-state index in [1.165, 1.54) is 73.8 Å². The van der Waals surface area contributed by atoms with E-state index < -0.39 is 0 Å². The van der Waals surface area contributed by atoms with Crippen molar-refractivity contribution in [2.24, 2.45) is 11.8 Å². The molecule has 32 heavy (non-hydrogen) atoms. The number of hydrogen-bond acceptors (Lipinski definition) is 0. The lowest BCUT2D eigenvalue weighted by molar-refractivity contribution is 0.245. The summed E-state index contributed by atoms with van der Waals surface area (Å²) in [5.74, 6) is 2.26. The molecule has 1 atom stereocenters. The zero-order chi connectivity index (χ0) is 22.2. The first kappa shape index (κ1) is 22.5. The monoisotopic (exact) mass is 426 g/mol. The summed E-state index contributed by atoms with van der Waals surface area (Å²) in [6.45, 7) is 2.39. The maximum Gasteiger partial charge on any atom is 0.123 e. The molecule has 0 radical (unpaired) electrons. The third-order valence-electron chi connectivity index (χ3n) is 7.18. The van der Waals surface area contributed by atoms with Gasteiger partial charge in [0.1, 0.15) is 5.82 Å². The molecule has 3 aromatic rings. The van der Waals surface area contributed by atoms with Crippen molar-refractivity contribution in [2.45, 2.75) is 57.8 Å². The van der Waals surface area contributed by atoms with Gasteiger partial charge in [-0.05, 0) is 71.4 Å². The maximum absolute atomic E-state index is 13.0. The van der Waals surface area contributed by atoms with Crippen LogP contribution in [0.25, 0.3) is 12.2 Å². The quantitative estimate of drug-likeness (QED) is 0.315. The van der Waals surface area contributed by atoms with Gasteiger partial charge in [0.2, 0.25) is 0 Å². The molecule has 1 fully saturated rings. The van der Waals surface area contributed by atoms with Gasteiger partial charge in [-0.3, -0.25) is 0 Å². The van der Waals surface area contributed by atoms with Crippen LogP contribution in [0.1, 0.15) is 73.6 Å². The Hall–Kier alpha value is -2.67. The Morgan fingerprint density at radius 2 is 1.31 bits per heavy atom. The molecule has 1 heteroatoms. The molecule has 0 saturated heterocycles. The number of benzene rings is 3. The molecule has 0 spiro atoms. The Morgan fingerprint density at radius 3 is 1.94 bits per heavy atom. The second kappa shape index (κ2) is 11.3. The van der Waals surface area contributed by atoms with E-state index in [-0.39, 0.29) is 5.82 Å². The Morgan fingerprint density at radius 1 is 0.750 bits per heavy atom. The predicted octanol–water partition coefficient (Wildman–Crippen LogP) is 8.93. The van der Waals surface area contributed by atoms with Gasteiger partial charge in [0.05, 0.1) is 0 Å². The van der Waals surface area contributed by atoms with Gasteiger partial charge in [0, 0.05) is 0 Å². The standard InChI is InChI=1S/C31H35F/c1-24(30-5-3-2-4-6-30)23-29-17-15-27(16-18-29)12-11-25-7-9-26(10-8-25)13-14-28-19-21-31(32)22-20-28/h2-10,13-14,19-22,24,27,29H,11-12,15-18,23H2,1H3/t24-,27?,29?/m1/s1. The summed E-state index contributed by atoms with van der Waals surface area (Å²) in [5, 5.41) is 0. The SMILES string of the molecule is C[C@H](CC1CCC(CCc2ccc(C=Cc3ccc(F)cc3)cc2)CC1)c1ccccc1. The van der Waals surface area contributed by atoms with E-state index in [1.54, 1.807) is 12.1 Å². The van der Waals surface area contributed by atoms with E-state index in [9.17, 15) is 4.39 Å². The Balaban J connectivity index is 1.19. The molecule has 1 aliphatic carbocycles. The minimum atomic E-state index is -0.193. The van der Waals surface area contributed by atoms with Crippen molar-refractivity contribution in [1.29, 1.82) is 0 Å². The molecule has 0 N–H and O–H groups in total. The minimum absolute atomic E-state index is 0.193. The predicted molar refractivity (Wildman–Crippen MR) is 135 cm³/mol. The number of hydrogen-bond donors (Lipinski definition) is 0. The second-order valence-electron chi connectivity index (χ2n) is 9.60. The van der Waals surface area contributed by atoms with Crippen LogP contribution in [-0.4, -0.2) is 0 Å². The Bertz CT molecular complexity index is 961. The first-order valence-corrected chi connectivity index (χ1v) is 12.2. The summed E-state index contributed by atoms with van der Waals surface area (Å²) in [4.78, 5) is 0. The average molecular weight is 427 g/mol. The molecule has 0 aromatic heterocycles. The third kappa shape index (κ3) is 6.66.